The molecule has 0 amide bonds. The molecule has 0 atom stereocenters. The first-order valence-corrected chi connectivity index (χ1v) is 5.72. The molecule has 2 rings (SSSR count). The zero-order valence-electron chi connectivity index (χ0n) is 6.94. The van der Waals surface area contributed by atoms with Crippen molar-refractivity contribution in [1.29, 1.82) is 0 Å². The lowest BCUT2D eigenvalue weighted by atomic mass is 10.6. The summed E-state index contributed by atoms with van der Waals surface area (Å²) in [6.07, 6.45) is 3.28. The van der Waals surface area contributed by atoms with Crippen molar-refractivity contribution in [2.45, 2.75) is 6.54 Å². The molecule has 0 saturated heterocycles. The molecule has 2 aromatic rings. The fourth-order valence-electron chi connectivity index (χ4n) is 0.987. The maximum Gasteiger partial charge on any atom is 0.136 e. The van der Waals surface area contributed by atoms with E-state index in [1.165, 1.54) is 11.3 Å². The molecule has 0 radical (unpaired) electrons. The Morgan fingerprint density at radius 3 is 2.86 bits per heavy atom. The minimum absolute atomic E-state index is 0.550. The van der Waals surface area contributed by atoms with Crippen molar-refractivity contribution in [1.82, 2.24) is 14.8 Å². The number of nitrogen functional groups attached to an aromatic ring is 1. The Hall–Kier alpha value is -0.590. The standard InChI is InChI=1S/C7H6BrClN4S/c8-4-1-12-13(7(4)10)3-6-11-2-5(9)14-6/h1-2H,3,10H2. The van der Waals surface area contributed by atoms with Gasteiger partial charge in [-0.15, -0.1) is 11.3 Å². The van der Waals surface area contributed by atoms with Gasteiger partial charge in [-0.1, -0.05) is 11.6 Å². The molecule has 14 heavy (non-hydrogen) atoms. The van der Waals surface area contributed by atoms with Gasteiger partial charge >= 0.3 is 0 Å². The van der Waals surface area contributed by atoms with Gasteiger partial charge < -0.3 is 5.73 Å². The van der Waals surface area contributed by atoms with Crippen LogP contribution in [0.15, 0.2) is 16.9 Å². The third-order valence-electron chi connectivity index (χ3n) is 1.64. The first-order chi connectivity index (χ1) is 6.66. The number of nitrogens with zero attached hydrogens (tertiary/aromatic N) is 3. The summed E-state index contributed by atoms with van der Waals surface area (Å²) in [5.41, 5.74) is 5.75. The van der Waals surface area contributed by atoms with E-state index < -0.39 is 0 Å². The molecule has 4 nitrogen and oxygen atoms in total. The topological polar surface area (TPSA) is 56.7 Å². The van der Waals surface area contributed by atoms with E-state index in [2.05, 4.69) is 26.0 Å². The van der Waals surface area contributed by atoms with Crippen molar-refractivity contribution in [3.63, 3.8) is 0 Å². The van der Waals surface area contributed by atoms with Crippen molar-refractivity contribution < 1.29 is 0 Å². The fourth-order valence-corrected chi connectivity index (χ4v) is 2.22. The summed E-state index contributed by atoms with van der Waals surface area (Å²) in [5, 5.41) is 4.97. The van der Waals surface area contributed by atoms with E-state index in [1.807, 2.05) is 0 Å². The zero-order chi connectivity index (χ0) is 10.1. The first kappa shape index (κ1) is 9.95. The molecule has 0 aliphatic carbocycles. The summed E-state index contributed by atoms with van der Waals surface area (Å²) in [6.45, 7) is 0.550. The van der Waals surface area contributed by atoms with Crippen molar-refractivity contribution in [2.24, 2.45) is 0 Å². The van der Waals surface area contributed by atoms with Crippen LogP contribution < -0.4 is 5.73 Å². The van der Waals surface area contributed by atoms with Gasteiger partial charge in [0.05, 0.1) is 23.4 Å². The monoisotopic (exact) mass is 292 g/mol. The Balaban J connectivity index is 2.22. The van der Waals surface area contributed by atoms with E-state index >= 15 is 0 Å². The number of hydrogen-bond acceptors (Lipinski definition) is 4. The van der Waals surface area contributed by atoms with E-state index in [-0.39, 0.29) is 0 Å². The van der Waals surface area contributed by atoms with Gasteiger partial charge in [0.15, 0.2) is 0 Å². The van der Waals surface area contributed by atoms with E-state index in [0.717, 1.165) is 9.48 Å². The average Bonchev–Trinajstić information content (AvgIpc) is 2.67. The lowest BCUT2D eigenvalue weighted by Gasteiger charge is -1.99. The van der Waals surface area contributed by atoms with E-state index in [4.69, 9.17) is 17.3 Å². The highest BCUT2D eigenvalue weighted by atomic mass is 79.9. The normalized spacial score (nSPS) is 10.7. The maximum absolute atomic E-state index is 5.76. The van der Waals surface area contributed by atoms with Crippen molar-refractivity contribution >= 4 is 44.7 Å². The number of thiazole rings is 1. The molecule has 0 aromatic carbocycles. The molecule has 0 aliphatic heterocycles. The van der Waals surface area contributed by atoms with Crippen molar-refractivity contribution in [3.8, 4) is 0 Å². The van der Waals surface area contributed by atoms with Gasteiger partial charge in [-0.25, -0.2) is 9.67 Å². The molecule has 0 bridgehead atoms. The highest BCUT2D eigenvalue weighted by Gasteiger charge is 2.07. The predicted octanol–water partition coefficient (Wildman–Crippen LogP) is 2.39. The third kappa shape index (κ3) is 1.92. The zero-order valence-corrected chi connectivity index (χ0v) is 10.1. The van der Waals surface area contributed by atoms with Crippen LogP contribution in [0.2, 0.25) is 4.34 Å². The Bertz CT molecular complexity index is 452. The number of halogens is 2. The van der Waals surface area contributed by atoms with Gasteiger partial charge in [0.1, 0.15) is 15.2 Å². The van der Waals surface area contributed by atoms with Gasteiger partial charge in [-0.2, -0.15) is 5.10 Å². The molecule has 0 unspecified atom stereocenters. The molecule has 2 heterocycles. The van der Waals surface area contributed by atoms with Gasteiger partial charge in [-0.3, -0.25) is 0 Å². The largest absolute Gasteiger partial charge is 0.383 e. The summed E-state index contributed by atoms with van der Waals surface area (Å²) in [4.78, 5) is 4.12. The molecular weight excluding hydrogens is 288 g/mol. The van der Waals surface area contributed by atoms with Crippen LogP contribution in [0.4, 0.5) is 5.82 Å². The van der Waals surface area contributed by atoms with E-state index in [9.17, 15) is 0 Å². The number of rotatable bonds is 2. The van der Waals surface area contributed by atoms with E-state index in [0.29, 0.717) is 16.7 Å². The quantitative estimate of drug-likeness (QED) is 0.925. The molecule has 74 valence electrons. The second-order valence-electron chi connectivity index (χ2n) is 2.59. The SMILES string of the molecule is Nc1c(Br)cnn1Cc1ncc(Cl)s1. The average molecular weight is 294 g/mol. The minimum atomic E-state index is 0.550. The number of aromatic nitrogens is 3. The van der Waals surface area contributed by atoms with Crippen molar-refractivity contribution in [3.05, 3.63) is 26.2 Å². The molecule has 0 aliphatic rings. The fraction of sp³-hybridized carbons (Fsp3) is 0.143. The van der Waals surface area contributed by atoms with Crippen LogP contribution in [0, 0.1) is 0 Å². The summed E-state index contributed by atoms with van der Waals surface area (Å²) >= 11 is 10.5. The van der Waals surface area contributed by atoms with Gasteiger partial charge in [0.25, 0.3) is 0 Å². The van der Waals surface area contributed by atoms with Gasteiger partial charge in [-0.05, 0) is 15.9 Å². The predicted molar refractivity (Wildman–Crippen MR) is 60.6 cm³/mol. The van der Waals surface area contributed by atoms with Crippen LogP contribution in [-0.4, -0.2) is 14.8 Å². The second-order valence-corrected chi connectivity index (χ2v) is 5.19. The summed E-state index contributed by atoms with van der Waals surface area (Å²) < 4.78 is 3.13. The minimum Gasteiger partial charge on any atom is -0.383 e. The third-order valence-corrected chi connectivity index (χ3v) is 3.35. The van der Waals surface area contributed by atoms with E-state index in [1.54, 1.807) is 17.1 Å². The number of nitrogens with two attached hydrogens (primary N) is 1. The first-order valence-electron chi connectivity index (χ1n) is 3.74. The lowest BCUT2D eigenvalue weighted by Crippen LogP contribution is -2.05. The molecule has 2 N–H and O–H groups in total. The summed E-state index contributed by atoms with van der Waals surface area (Å²) in [5.74, 6) is 0.594. The Morgan fingerprint density at radius 1 is 1.57 bits per heavy atom. The Morgan fingerprint density at radius 2 is 2.36 bits per heavy atom. The highest BCUT2D eigenvalue weighted by Crippen LogP contribution is 2.22. The summed E-state index contributed by atoms with van der Waals surface area (Å²) in [6, 6.07) is 0. The highest BCUT2D eigenvalue weighted by molar-refractivity contribution is 9.10. The van der Waals surface area contributed by atoms with Crippen LogP contribution in [-0.2, 0) is 6.54 Å². The number of hydrogen-bond donors (Lipinski definition) is 1. The second kappa shape index (κ2) is 3.88. The Labute approximate surface area is 97.8 Å². The molecule has 0 saturated carbocycles. The lowest BCUT2D eigenvalue weighted by molar-refractivity contribution is 0.693. The van der Waals surface area contributed by atoms with Crippen LogP contribution in [0.3, 0.4) is 0 Å². The molecule has 7 heteroatoms. The van der Waals surface area contributed by atoms with Gasteiger partial charge in [0, 0.05) is 0 Å². The van der Waals surface area contributed by atoms with Crippen molar-refractivity contribution in [2.75, 3.05) is 5.73 Å². The number of anilines is 1. The maximum atomic E-state index is 5.76. The summed E-state index contributed by atoms with van der Waals surface area (Å²) in [7, 11) is 0. The molecular formula is C7H6BrClN4S. The van der Waals surface area contributed by atoms with Gasteiger partial charge in [0.2, 0.25) is 0 Å². The van der Waals surface area contributed by atoms with Crippen LogP contribution in [0.25, 0.3) is 0 Å². The molecule has 2 aromatic heterocycles. The Kier molecular flexibility index (Phi) is 2.76. The van der Waals surface area contributed by atoms with Crippen LogP contribution >= 0.6 is 38.9 Å². The van der Waals surface area contributed by atoms with Crippen LogP contribution in [0.1, 0.15) is 5.01 Å². The van der Waals surface area contributed by atoms with Crippen LogP contribution in [0.5, 0.6) is 0 Å². The molecule has 0 fully saturated rings. The molecule has 0 spiro atoms. The smallest absolute Gasteiger partial charge is 0.136 e.